The van der Waals surface area contributed by atoms with Crippen molar-refractivity contribution < 1.29 is 27.5 Å². The van der Waals surface area contributed by atoms with Gasteiger partial charge in [0, 0.05) is 11.3 Å². The summed E-state index contributed by atoms with van der Waals surface area (Å²) in [5, 5.41) is 3.96. The molecule has 0 aliphatic rings. The Morgan fingerprint density at radius 3 is 2.18 bits per heavy atom. The van der Waals surface area contributed by atoms with Crippen molar-refractivity contribution in [3.63, 3.8) is 0 Å². The molecule has 1 amide bonds. The molecular formula is C29H25N3O6S. The van der Waals surface area contributed by atoms with Gasteiger partial charge in [-0.2, -0.15) is 5.10 Å². The van der Waals surface area contributed by atoms with Crippen LogP contribution in [0.3, 0.4) is 0 Å². The fourth-order valence-corrected chi connectivity index (χ4v) is 4.49. The van der Waals surface area contributed by atoms with Crippen LogP contribution in [-0.2, 0) is 10.0 Å². The summed E-state index contributed by atoms with van der Waals surface area (Å²) in [6.07, 6.45) is 1.41. The third kappa shape index (κ3) is 7.08. The third-order valence-corrected chi connectivity index (χ3v) is 6.91. The summed E-state index contributed by atoms with van der Waals surface area (Å²) in [5.74, 6) is -0.444. The summed E-state index contributed by atoms with van der Waals surface area (Å²) in [6, 6.07) is 25.8. The summed E-state index contributed by atoms with van der Waals surface area (Å²) >= 11 is 0. The van der Waals surface area contributed by atoms with Crippen LogP contribution in [0.4, 0.5) is 5.69 Å². The molecule has 0 saturated heterocycles. The van der Waals surface area contributed by atoms with Gasteiger partial charge in [0.05, 0.1) is 23.8 Å². The Morgan fingerprint density at radius 2 is 1.51 bits per heavy atom. The van der Waals surface area contributed by atoms with Crippen molar-refractivity contribution in [3.05, 3.63) is 119 Å². The molecule has 0 radical (unpaired) electrons. The largest absolute Gasteiger partial charge is 0.493 e. The molecule has 0 heterocycles. The van der Waals surface area contributed by atoms with Gasteiger partial charge in [-0.3, -0.25) is 9.52 Å². The Bertz CT molecular complexity index is 1600. The predicted octanol–water partition coefficient (Wildman–Crippen LogP) is 4.79. The van der Waals surface area contributed by atoms with Crippen molar-refractivity contribution in [1.29, 1.82) is 0 Å². The maximum absolute atomic E-state index is 12.5. The second-order valence-electron chi connectivity index (χ2n) is 8.36. The number of rotatable bonds is 9. The average molecular weight is 544 g/mol. The molecule has 0 bridgehead atoms. The molecule has 0 unspecified atom stereocenters. The van der Waals surface area contributed by atoms with Gasteiger partial charge in [0.2, 0.25) is 0 Å². The van der Waals surface area contributed by atoms with Crippen LogP contribution in [0.25, 0.3) is 0 Å². The third-order valence-electron chi connectivity index (χ3n) is 5.51. The maximum Gasteiger partial charge on any atom is 0.343 e. The Morgan fingerprint density at radius 1 is 0.821 bits per heavy atom. The zero-order valence-corrected chi connectivity index (χ0v) is 21.9. The Hall–Kier alpha value is -4.96. The first-order valence-corrected chi connectivity index (χ1v) is 13.2. The number of esters is 1. The number of benzene rings is 4. The highest BCUT2D eigenvalue weighted by molar-refractivity contribution is 7.92. The SMILES string of the molecule is COc1cc(/C=N\NC(=O)c2ccc(NS(=O)(=O)c3ccc(C)cc3)cc2)ccc1OC(=O)c1ccccc1. The van der Waals surface area contributed by atoms with E-state index >= 15 is 0 Å². The van der Waals surface area contributed by atoms with Crippen LogP contribution in [-0.4, -0.2) is 33.6 Å². The van der Waals surface area contributed by atoms with Crippen LogP contribution in [0.5, 0.6) is 11.5 Å². The summed E-state index contributed by atoms with van der Waals surface area (Å²) in [7, 11) is -2.30. The van der Waals surface area contributed by atoms with Gasteiger partial charge in [0.15, 0.2) is 11.5 Å². The molecule has 9 nitrogen and oxygen atoms in total. The van der Waals surface area contributed by atoms with Crippen molar-refractivity contribution in [2.24, 2.45) is 5.10 Å². The molecule has 0 aliphatic heterocycles. The van der Waals surface area contributed by atoms with Crippen molar-refractivity contribution in [2.45, 2.75) is 11.8 Å². The number of sulfonamides is 1. The van der Waals surface area contributed by atoms with Crippen LogP contribution in [0.1, 0.15) is 31.8 Å². The normalized spacial score (nSPS) is 11.1. The zero-order chi connectivity index (χ0) is 27.8. The number of carbonyl (C=O) groups excluding carboxylic acids is 2. The number of aryl methyl sites for hydroxylation is 1. The van der Waals surface area contributed by atoms with Crippen LogP contribution in [0.2, 0.25) is 0 Å². The molecule has 0 aliphatic carbocycles. The Kier molecular flexibility index (Phi) is 8.37. The van der Waals surface area contributed by atoms with E-state index in [0.717, 1.165) is 5.56 Å². The number of methoxy groups -OCH3 is 1. The monoisotopic (exact) mass is 543 g/mol. The highest BCUT2D eigenvalue weighted by Crippen LogP contribution is 2.28. The fraction of sp³-hybridized carbons (Fsp3) is 0.0690. The summed E-state index contributed by atoms with van der Waals surface area (Å²) in [5.41, 5.74) is 4.97. The van der Waals surface area contributed by atoms with E-state index in [0.29, 0.717) is 22.6 Å². The number of hydrogen-bond donors (Lipinski definition) is 2. The van der Waals surface area contributed by atoms with E-state index in [4.69, 9.17) is 9.47 Å². The van der Waals surface area contributed by atoms with Gasteiger partial charge in [0.1, 0.15) is 0 Å². The molecule has 2 N–H and O–H groups in total. The zero-order valence-electron chi connectivity index (χ0n) is 21.1. The van der Waals surface area contributed by atoms with E-state index in [9.17, 15) is 18.0 Å². The van der Waals surface area contributed by atoms with E-state index in [1.807, 2.05) is 6.92 Å². The van der Waals surface area contributed by atoms with E-state index in [-0.39, 0.29) is 16.2 Å². The number of ether oxygens (including phenoxy) is 2. The molecule has 0 atom stereocenters. The van der Waals surface area contributed by atoms with E-state index in [1.165, 1.54) is 49.7 Å². The highest BCUT2D eigenvalue weighted by Gasteiger charge is 2.15. The number of anilines is 1. The molecular weight excluding hydrogens is 518 g/mol. The standard InChI is InChI=1S/C29H25N3O6S/c1-20-8-15-25(16-9-20)39(35,36)32-24-13-11-22(12-14-24)28(33)31-30-19-21-10-17-26(27(18-21)37-2)38-29(34)23-6-4-3-5-7-23/h3-19,32H,1-2H3,(H,31,33)/b30-19-. The van der Waals surface area contributed by atoms with E-state index in [1.54, 1.807) is 60.7 Å². The smallest absolute Gasteiger partial charge is 0.343 e. The number of amides is 1. The van der Waals surface area contributed by atoms with Crippen LogP contribution in [0.15, 0.2) is 107 Å². The number of nitrogens with zero attached hydrogens (tertiary/aromatic N) is 1. The molecule has 4 rings (SSSR count). The van der Waals surface area contributed by atoms with Crippen LogP contribution in [0, 0.1) is 6.92 Å². The summed E-state index contributed by atoms with van der Waals surface area (Å²) in [6.45, 7) is 1.87. The van der Waals surface area contributed by atoms with Gasteiger partial charge in [-0.25, -0.2) is 18.6 Å². The summed E-state index contributed by atoms with van der Waals surface area (Å²) < 4.78 is 38.3. The Labute approximate surface area is 226 Å². The molecule has 39 heavy (non-hydrogen) atoms. The van der Waals surface area contributed by atoms with Gasteiger partial charge < -0.3 is 9.47 Å². The molecule has 0 saturated carbocycles. The first kappa shape index (κ1) is 27.1. The lowest BCUT2D eigenvalue weighted by Crippen LogP contribution is -2.18. The first-order valence-electron chi connectivity index (χ1n) is 11.7. The number of hydrogen-bond acceptors (Lipinski definition) is 7. The van der Waals surface area contributed by atoms with Crippen molar-refractivity contribution in [1.82, 2.24) is 5.43 Å². The predicted molar refractivity (Wildman–Crippen MR) is 148 cm³/mol. The fourth-order valence-electron chi connectivity index (χ4n) is 3.43. The topological polar surface area (TPSA) is 123 Å². The average Bonchev–Trinajstić information content (AvgIpc) is 2.94. The second kappa shape index (κ2) is 12.1. The van der Waals surface area contributed by atoms with Gasteiger partial charge in [0.25, 0.3) is 15.9 Å². The molecule has 4 aromatic carbocycles. The van der Waals surface area contributed by atoms with Gasteiger partial charge >= 0.3 is 5.97 Å². The van der Waals surface area contributed by atoms with Gasteiger partial charge in [-0.1, -0.05) is 35.9 Å². The van der Waals surface area contributed by atoms with Crippen molar-refractivity contribution in [3.8, 4) is 11.5 Å². The van der Waals surface area contributed by atoms with Gasteiger partial charge in [-0.15, -0.1) is 0 Å². The van der Waals surface area contributed by atoms with Crippen molar-refractivity contribution in [2.75, 3.05) is 11.8 Å². The quantitative estimate of drug-likeness (QED) is 0.135. The maximum atomic E-state index is 12.5. The lowest BCUT2D eigenvalue weighted by Gasteiger charge is -2.10. The molecule has 0 fully saturated rings. The number of nitrogens with one attached hydrogen (secondary N) is 2. The number of hydrazone groups is 1. The van der Waals surface area contributed by atoms with E-state index in [2.05, 4.69) is 15.2 Å². The minimum absolute atomic E-state index is 0.142. The Balaban J connectivity index is 1.36. The number of carbonyl (C=O) groups is 2. The molecule has 4 aromatic rings. The second-order valence-corrected chi connectivity index (χ2v) is 10.0. The lowest BCUT2D eigenvalue weighted by atomic mass is 10.2. The molecule has 10 heteroatoms. The molecule has 0 aromatic heterocycles. The first-order chi connectivity index (χ1) is 18.7. The minimum Gasteiger partial charge on any atom is -0.493 e. The van der Waals surface area contributed by atoms with Crippen molar-refractivity contribution >= 4 is 33.8 Å². The van der Waals surface area contributed by atoms with Crippen LogP contribution >= 0.6 is 0 Å². The minimum atomic E-state index is -3.75. The van der Waals surface area contributed by atoms with Crippen LogP contribution < -0.4 is 19.6 Å². The highest BCUT2D eigenvalue weighted by atomic mass is 32.2. The lowest BCUT2D eigenvalue weighted by molar-refractivity contribution is 0.0729. The van der Waals surface area contributed by atoms with Gasteiger partial charge in [-0.05, 0) is 79.2 Å². The molecule has 0 spiro atoms. The molecule has 198 valence electrons. The van der Waals surface area contributed by atoms with E-state index < -0.39 is 21.9 Å². The summed E-state index contributed by atoms with van der Waals surface area (Å²) in [4.78, 5) is 24.9.